The van der Waals surface area contributed by atoms with Crippen molar-refractivity contribution in [1.29, 1.82) is 0 Å². The molecule has 0 unspecified atom stereocenters. The molecule has 0 radical (unpaired) electrons. The van der Waals surface area contributed by atoms with Crippen molar-refractivity contribution < 1.29 is 14.6 Å². The predicted molar refractivity (Wildman–Crippen MR) is 68.3 cm³/mol. The highest BCUT2D eigenvalue weighted by Crippen LogP contribution is 2.14. The van der Waals surface area contributed by atoms with Crippen LogP contribution in [0.25, 0.3) is 0 Å². The lowest BCUT2D eigenvalue weighted by molar-refractivity contribution is -0.125. The van der Waals surface area contributed by atoms with Crippen LogP contribution in [0.2, 0.25) is 0 Å². The van der Waals surface area contributed by atoms with Crippen molar-refractivity contribution in [3.05, 3.63) is 29.8 Å². The van der Waals surface area contributed by atoms with Gasteiger partial charge in [0.05, 0.1) is 12.5 Å². The second-order valence-corrected chi connectivity index (χ2v) is 4.84. The van der Waals surface area contributed by atoms with Crippen LogP contribution in [0.1, 0.15) is 18.9 Å². The number of hydrogen-bond donors (Lipinski definition) is 2. The second kappa shape index (κ2) is 5.87. The molecule has 98 valence electrons. The van der Waals surface area contributed by atoms with E-state index in [1.165, 1.54) is 0 Å². The molecule has 2 atom stereocenters. The summed E-state index contributed by atoms with van der Waals surface area (Å²) in [5.74, 6) is 0.351. The lowest BCUT2D eigenvalue weighted by Gasteiger charge is -2.16. The molecule has 0 bridgehead atoms. The van der Waals surface area contributed by atoms with Crippen molar-refractivity contribution in [1.82, 2.24) is 5.32 Å². The summed E-state index contributed by atoms with van der Waals surface area (Å²) in [7, 11) is 0. The van der Waals surface area contributed by atoms with Crippen LogP contribution in [0.3, 0.4) is 0 Å². The zero-order chi connectivity index (χ0) is 13.0. The van der Waals surface area contributed by atoms with Crippen LogP contribution in [-0.4, -0.2) is 30.3 Å². The van der Waals surface area contributed by atoms with Gasteiger partial charge in [0.1, 0.15) is 5.75 Å². The van der Waals surface area contributed by atoms with Crippen LogP contribution >= 0.6 is 0 Å². The molecule has 1 amide bonds. The Morgan fingerprint density at radius 1 is 1.50 bits per heavy atom. The van der Waals surface area contributed by atoms with E-state index in [2.05, 4.69) is 5.32 Å². The summed E-state index contributed by atoms with van der Waals surface area (Å²) in [4.78, 5) is 11.9. The number of nitrogens with one attached hydrogen (secondary N) is 1. The van der Waals surface area contributed by atoms with Gasteiger partial charge >= 0.3 is 0 Å². The normalized spacial score (nSPS) is 20.6. The van der Waals surface area contributed by atoms with Crippen LogP contribution in [0.5, 0.6) is 5.75 Å². The molecular formula is C14H19NO3. The Balaban J connectivity index is 1.82. The van der Waals surface area contributed by atoms with Crippen molar-refractivity contribution >= 4 is 5.91 Å². The molecule has 2 rings (SSSR count). The molecule has 2 N–H and O–H groups in total. The lowest BCUT2D eigenvalue weighted by Crippen LogP contribution is -2.38. The van der Waals surface area contributed by atoms with Crippen LogP contribution in [-0.2, 0) is 16.0 Å². The van der Waals surface area contributed by atoms with Gasteiger partial charge < -0.3 is 15.2 Å². The molecule has 4 heteroatoms. The maximum absolute atomic E-state index is 11.9. The SMILES string of the molecule is C[C@@H](Cc1ccc(O)cc1)NC(=O)[C@H]1CCOC1. The predicted octanol–water partition coefficient (Wildman–Crippen LogP) is 1.48. The maximum Gasteiger partial charge on any atom is 0.225 e. The Morgan fingerprint density at radius 2 is 2.22 bits per heavy atom. The summed E-state index contributed by atoms with van der Waals surface area (Å²) < 4.78 is 5.20. The summed E-state index contributed by atoms with van der Waals surface area (Å²) >= 11 is 0. The van der Waals surface area contributed by atoms with Gasteiger partial charge in [-0.15, -0.1) is 0 Å². The molecule has 0 aromatic heterocycles. The number of carbonyl (C=O) groups is 1. The number of aromatic hydroxyl groups is 1. The van der Waals surface area contributed by atoms with Crippen molar-refractivity contribution in [2.75, 3.05) is 13.2 Å². The van der Waals surface area contributed by atoms with E-state index in [4.69, 9.17) is 4.74 Å². The fourth-order valence-electron chi connectivity index (χ4n) is 2.14. The molecule has 1 aromatic rings. The third-order valence-electron chi connectivity index (χ3n) is 3.17. The second-order valence-electron chi connectivity index (χ2n) is 4.84. The Hall–Kier alpha value is -1.55. The first kappa shape index (κ1) is 12.9. The number of benzene rings is 1. The molecule has 18 heavy (non-hydrogen) atoms. The number of rotatable bonds is 4. The number of phenolic OH excluding ortho intramolecular Hbond substituents is 1. The van der Waals surface area contributed by atoms with E-state index in [1.807, 2.05) is 19.1 Å². The van der Waals surface area contributed by atoms with Gasteiger partial charge in [0, 0.05) is 12.6 Å². The summed E-state index contributed by atoms with van der Waals surface area (Å²) in [6, 6.07) is 7.15. The molecule has 0 aliphatic carbocycles. The van der Waals surface area contributed by atoms with E-state index in [0.717, 1.165) is 18.4 Å². The Bertz CT molecular complexity index is 396. The number of hydrogen-bond acceptors (Lipinski definition) is 3. The van der Waals surface area contributed by atoms with E-state index >= 15 is 0 Å². The van der Waals surface area contributed by atoms with Gasteiger partial charge in [-0.05, 0) is 37.5 Å². The van der Waals surface area contributed by atoms with Crippen molar-refractivity contribution in [3.8, 4) is 5.75 Å². The molecule has 4 nitrogen and oxygen atoms in total. The zero-order valence-corrected chi connectivity index (χ0v) is 10.6. The summed E-state index contributed by atoms with van der Waals surface area (Å²) in [6.07, 6.45) is 1.58. The summed E-state index contributed by atoms with van der Waals surface area (Å²) in [5.41, 5.74) is 1.10. The van der Waals surface area contributed by atoms with Crippen molar-refractivity contribution in [2.45, 2.75) is 25.8 Å². The number of ether oxygens (including phenoxy) is 1. The molecule has 0 spiro atoms. The minimum absolute atomic E-state index is 0.00673. The van der Waals surface area contributed by atoms with E-state index in [9.17, 15) is 9.90 Å². The van der Waals surface area contributed by atoms with Gasteiger partial charge in [0.2, 0.25) is 5.91 Å². The fourth-order valence-corrected chi connectivity index (χ4v) is 2.14. The van der Waals surface area contributed by atoms with E-state index in [0.29, 0.717) is 13.2 Å². The third kappa shape index (κ3) is 3.47. The van der Waals surface area contributed by atoms with E-state index in [-0.39, 0.29) is 23.6 Å². The topological polar surface area (TPSA) is 58.6 Å². The standard InChI is InChI=1S/C14H19NO3/c1-10(8-11-2-4-13(16)5-3-11)15-14(17)12-6-7-18-9-12/h2-5,10,12,16H,6-9H2,1H3,(H,15,17)/t10-,12-/m0/s1. The van der Waals surface area contributed by atoms with Crippen LogP contribution < -0.4 is 5.32 Å². The monoisotopic (exact) mass is 249 g/mol. The van der Waals surface area contributed by atoms with Crippen LogP contribution in [0, 0.1) is 5.92 Å². The average Bonchev–Trinajstić information content (AvgIpc) is 2.85. The highest BCUT2D eigenvalue weighted by molar-refractivity contribution is 5.79. The zero-order valence-electron chi connectivity index (χ0n) is 10.6. The minimum Gasteiger partial charge on any atom is -0.508 e. The molecule has 1 saturated heterocycles. The molecule has 1 aromatic carbocycles. The summed E-state index contributed by atoms with van der Waals surface area (Å²) in [6.45, 7) is 3.21. The Morgan fingerprint density at radius 3 is 2.83 bits per heavy atom. The first-order valence-electron chi connectivity index (χ1n) is 6.31. The highest BCUT2D eigenvalue weighted by atomic mass is 16.5. The van der Waals surface area contributed by atoms with Gasteiger partial charge in [0.15, 0.2) is 0 Å². The Labute approximate surface area is 107 Å². The molecule has 1 fully saturated rings. The van der Waals surface area contributed by atoms with Gasteiger partial charge in [-0.3, -0.25) is 4.79 Å². The van der Waals surface area contributed by atoms with E-state index in [1.54, 1.807) is 12.1 Å². The molecule has 1 aliphatic heterocycles. The largest absolute Gasteiger partial charge is 0.508 e. The summed E-state index contributed by atoms with van der Waals surface area (Å²) in [5, 5.41) is 12.2. The highest BCUT2D eigenvalue weighted by Gasteiger charge is 2.24. The Kier molecular flexibility index (Phi) is 4.20. The first-order chi connectivity index (χ1) is 8.65. The number of phenols is 1. The van der Waals surface area contributed by atoms with Crippen molar-refractivity contribution in [3.63, 3.8) is 0 Å². The van der Waals surface area contributed by atoms with Gasteiger partial charge in [0.25, 0.3) is 0 Å². The van der Waals surface area contributed by atoms with Gasteiger partial charge in [-0.25, -0.2) is 0 Å². The molecule has 1 heterocycles. The lowest BCUT2D eigenvalue weighted by atomic mass is 10.0. The number of amides is 1. The maximum atomic E-state index is 11.9. The molecule has 1 aliphatic rings. The first-order valence-corrected chi connectivity index (χ1v) is 6.31. The van der Waals surface area contributed by atoms with Crippen LogP contribution in [0.15, 0.2) is 24.3 Å². The third-order valence-corrected chi connectivity index (χ3v) is 3.17. The minimum atomic E-state index is 0.00673. The average molecular weight is 249 g/mol. The smallest absolute Gasteiger partial charge is 0.225 e. The number of carbonyl (C=O) groups excluding carboxylic acids is 1. The van der Waals surface area contributed by atoms with Crippen molar-refractivity contribution in [2.24, 2.45) is 5.92 Å². The molecule has 0 saturated carbocycles. The van der Waals surface area contributed by atoms with Crippen LogP contribution in [0.4, 0.5) is 0 Å². The van der Waals surface area contributed by atoms with Gasteiger partial charge in [-0.2, -0.15) is 0 Å². The molecular weight excluding hydrogens is 230 g/mol. The fraction of sp³-hybridized carbons (Fsp3) is 0.500. The quantitative estimate of drug-likeness (QED) is 0.849. The van der Waals surface area contributed by atoms with Gasteiger partial charge in [-0.1, -0.05) is 12.1 Å². The van der Waals surface area contributed by atoms with E-state index < -0.39 is 0 Å².